The lowest BCUT2D eigenvalue weighted by Gasteiger charge is -2.09. The number of rotatable bonds is 6. The van der Waals surface area contributed by atoms with Gasteiger partial charge in [0.15, 0.2) is 17.1 Å². The van der Waals surface area contributed by atoms with Gasteiger partial charge in [-0.05, 0) is 63.5 Å². The number of aryl methyl sites for hydroxylation is 1. The van der Waals surface area contributed by atoms with Crippen LogP contribution >= 0.6 is 11.6 Å². The number of furan rings is 1. The molecule has 0 aliphatic heterocycles. The third-order valence-electron chi connectivity index (χ3n) is 5.87. The van der Waals surface area contributed by atoms with Crippen molar-refractivity contribution in [3.8, 4) is 17.1 Å². The van der Waals surface area contributed by atoms with Crippen molar-refractivity contribution in [2.75, 3.05) is 31.7 Å². The number of aromatic amines is 1. The molecule has 1 amide bonds. The number of likely N-dealkylation sites (N-methyl/N-ethyl adjacent to an activating group) is 1. The molecule has 3 heterocycles. The minimum absolute atomic E-state index is 0.113. The molecule has 0 spiro atoms. The molecule has 11 heteroatoms. The smallest absolute Gasteiger partial charge is 0.292 e. The van der Waals surface area contributed by atoms with Crippen LogP contribution in [0.2, 0.25) is 5.02 Å². The van der Waals surface area contributed by atoms with Gasteiger partial charge in [0.05, 0.1) is 11.1 Å². The van der Waals surface area contributed by atoms with Crippen LogP contribution in [0.5, 0.6) is 0 Å². The van der Waals surface area contributed by atoms with Crippen LogP contribution in [0.25, 0.3) is 39.0 Å². The highest BCUT2D eigenvalue weighted by atomic mass is 35.5. The molecule has 0 aliphatic rings. The number of benzene rings is 2. The van der Waals surface area contributed by atoms with E-state index < -0.39 is 5.56 Å². The van der Waals surface area contributed by atoms with Crippen molar-refractivity contribution in [3.05, 3.63) is 75.6 Å². The maximum atomic E-state index is 12.6. The highest BCUT2D eigenvalue weighted by Crippen LogP contribution is 2.39. The quantitative estimate of drug-likeness (QED) is 0.288. The number of amides is 1. The normalized spacial score (nSPS) is 11.8. The first-order chi connectivity index (χ1) is 17.7. The van der Waals surface area contributed by atoms with Crippen molar-refractivity contribution in [1.82, 2.24) is 24.9 Å². The molecule has 37 heavy (non-hydrogen) atoms. The molecular weight excluding hydrogens is 494 g/mol. The zero-order valence-electron chi connectivity index (χ0n) is 20.4. The Labute approximate surface area is 216 Å². The number of nitrogen functional groups attached to an aromatic ring is 1. The number of aromatic nitrogens is 4. The molecule has 0 bridgehead atoms. The highest BCUT2D eigenvalue weighted by Gasteiger charge is 2.25. The first-order valence-corrected chi connectivity index (χ1v) is 11.8. The van der Waals surface area contributed by atoms with Crippen molar-refractivity contribution in [2.24, 2.45) is 0 Å². The molecule has 3 aromatic heterocycles. The molecule has 0 atom stereocenters. The van der Waals surface area contributed by atoms with E-state index in [0.29, 0.717) is 45.4 Å². The van der Waals surface area contributed by atoms with Gasteiger partial charge in [-0.2, -0.15) is 10.2 Å². The van der Waals surface area contributed by atoms with Gasteiger partial charge in [-0.3, -0.25) is 9.59 Å². The van der Waals surface area contributed by atoms with Crippen LogP contribution in [0.3, 0.4) is 0 Å². The number of nitrogens with one attached hydrogen (secondary N) is 2. The van der Waals surface area contributed by atoms with E-state index in [9.17, 15) is 9.59 Å². The molecule has 0 radical (unpaired) electrons. The van der Waals surface area contributed by atoms with Crippen molar-refractivity contribution < 1.29 is 9.21 Å². The van der Waals surface area contributed by atoms with Gasteiger partial charge in [-0.15, -0.1) is 0 Å². The van der Waals surface area contributed by atoms with Crippen LogP contribution in [-0.2, 0) is 4.79 Å². The molecule has 4 N–H and O–H groups in total. The number of nitrogens with two attached hydrogens (primary N) is 1. The standard InChI is InChI=1S/C26H24ClN7O3/c1-14-18-13-15(27)6-11-19(18)37-24(14)23-21-22(26(36)31-30-25(21)28)32-34(23)17-9-7-16(8-10-17)29-20(35)5-4-12-33(2)3/h4-11,13H,12H2,1-3H3,(H2,28,30)(H,29,35)(H,31,36)/b5-4+. The summed E-state index contributed by atoms with van der Waals surface area (Å²) in [5, 5.41) is 15.5. The number of halogens is 1. The summed E-state index contributed by atoms with van der Waals surface area (Å²) in [6, 6.07) is 12.4. The number of hydrogen-bond acceptors (Lipinski definition) is 7. The number of nitrogens with zero attached hydrogens (tertiary/aromatic N) is 4. The average Bonchev–Trinajstić information content (AvgIpc) is 3.41. The van der Waals surface area contributed by atoms with Crippen LogP contribution in [0.15, 0.2) is 63.8 Å². The fraction of sp³-hybridized carbons (Fsp3) is 0.154. The second kappa shape index (κ2) is 9.57. The molecule has 10 nitrogen and oxygen atoms in total. The largest absolute Gasteiger partial charge is 0.454 e. The van der Waals surface area contributed by atoms with Gasteiger partial charge in [0, 0.05) is 34.3 Å². The van der Waals surface area contributed by atoms with E-state index in [1.807, 2.05) is 32.0 Å². The first-order valence-electron chi connectivity index (χ1n) is 11.4. The van der Waals surface area contributed by atoms with E-state index in [4.69, 9.17) is 21.8 Å². The second-order valence-corrected chi connectivity index (χ2v) is 9.26. The van der Waals surface area contributed by atoms with E-state index >= 15 is 0 Å². The SMILES string of the molecule is Cc1c(-c2c3c(N)n[nH]c(=O)c3nn2-c2ccc(NC(=O)/C=C/CN(C)C)cc2)oc2ccc(Cl)cc12. The summed E-state index contributed by atoms with van der Waals surface area (Å²) >= 11 is 6.21. The zero-order valence-corrected chi connectivity index (χ0v) is 21.1. The number of carbonyl (C=O) groups is 1. The molecule has 0 saturated heterocycles. The Bertz CT molecular complexity index is 1730. The van der Waals surface area contributed by atoms with E-state index in [0.717, 1.165) is 10.9 Å². The Balaban J connectivity index is 1.61. The molecule has 0 aliphatic carbocycles. The van der Waals surface area contributed by atoms with E-state index in [1.54, 1.807) is 47.2 Å². The lowest BCUT2D eigenvalue weighted by molar-refractivity contribution is -0.111. The monoisotopic (exact) mass is 517 g/mol. The van der Waals surface area contributed by atoms with Gasteiger partial charge in [-0.1, -0.05) is 17.7 Å². The fourth-order valence-corrected chi connectivity index (χ4v) is 4.27. The second-order valence-electron chi connectivity index (χ2n) is 8.82. The minimum atomic E-state index is -0.477. The third kappa shape index (κ3) is 4.59. The fourth-order valence-electron chi connectivity index (χ4n) is 4.10. The highest BCUT2D eigenvalue weighted by molar-refractivity contribution is 6.31. The number of hydrogen-bond donors (Lipinski definition) is 3. The lowest BCUT2D eigenvalue weighted by Crippen LogP contribution is -2.13. The van der Waals surface area contributed by atoms with E-state index in [1.165, 1.54) is 6.08 Å². The van der Waals surface area contributed by atoms with Gasteiger partial charge in [-0.25, -0.2) is 9.78 Å². The zero-order chi connectivity index (χ0) is 26.3. The Kier molecular flexibility index (Phi) is 6.28. The molecule has 0 fully saturated rings. The Hall–Kier alpha value is -4.41. The first kappa shape index (κ1) is 24.3. The third-order valence-corrected chi connectivity index (χ3v) is 6.10. The summed E-state index contributed by atoms with van der Waals surface area (Å²) in [7, 11) is 3.85. The number of fused-ring (bicyclic) bond motifs is 2. The summed E-state index contributed by atoms with van der Waals surface area (Å²) in [6.45, 7) is 2.56. The topological polar surface area (TPSA) is 135 Å². The Morgan fingerprint density at radius 1 is 1.24 bits per heavy atom. The summed E-state index contributed by atoms with van der Waals surface area (Å²) in [5.74, 6) is 0.367. The molecular formula is C26H24ClN7O3. The van der Waals surface area contributed by atoms with Gasteiger partial charge < -0.3 is 20.4 Å². The van der Waals surface area contributed by atoms with Crippen LogP contribution in [-0.4, -0.2) is 51.4 Å². The van der Waals surface area contributed by atoms with Crippen molar-refractivity contribution in [3.63, 3.8) is 0 Å². The molecule has 5 aromatic rings. The van der Waals surface area contributed by atoms with Gasteiger partial charge >= 0.3 is 0 Å². The Morgan fingerprint density at radius 2 is 2.00 bits per heavy atom. The van der Waals surface area contributed by atoms with Crippen molar-refractivity contribution in [1.29, 1.82) is 0 Å². The maximum Gasteiger partial charge on any atom is 0.292 e. The van der Waals surface area contributed by atoms with Gasteiger partial charge in [0.25, 0.3) is 5.56 Å². The summed E-state index contributed by atoms with van der Waals surface area (Å²) < 4.78 is 7.80. The van der Waals surface area contributed by atoms with E-state index in [2.05, 4.69) is 20.6 Å². The predicted octanol–water partition coefficient (Wildman–Crippen LogP) is 4.12. The lowest BCUT2D eigenvalue weighted by atomic mass is 10.1. The molecule has 2 aromatic carbocycles. The van der Waals surface area contributed by atoms with Crippen molar-refractivity contribution >= 4 is 50.9 Å². The molecule has 5 rings (SSSR count). The molecule has 0 unspecified atom stereocenters. The maximum absolute atomic E-state index is 12.6. The van der Waals surface area contributed by atoms with Gasteiger partial charge in [0.2, 0.25) is 5.91 Å². The summed E-state index contributed by atoms with van der Waals surface area (Å²) in [4.78, 5) is 26.8. The Morgan fingerprint density at radius 3 is 2.73 bits per heavy atom. The average molecular weight is 518 g/mol. The molecule has 188 valence electrons. The van der Waals surface area contributed by atoms with Crippen LogP contribution in [0.1, 0.15) is 5.56 Å². The van der Waals surface area contributed by atoms with Crippen LogP contribution in [0, 0.1) is 6.92 Å². The summed E-state index contributed by atoms with van der Waals surface area (Å²) in [5.41, 5.74) is 9.03. The summed E-state index contributed by atoms with van der Waals surface area (Å²) in [6.07, 6.45) is 3.27. The number of H-pyrrole nitrogens is 1. The number of anilines is 2. The van der Waals surface area contributed by atoms with Crippen LogP contribution < -0.4 is 16.6 Å². The van der Waals surface area contributed by atoms with Crippen molar-refractivity contribution in [2.45, 2.75) is 6.92 Å². The van der Waals surface area contributed by atoms with Crippen LogP contribution in [0.4, 0.5) is 11.5 Å². The predicted molar refractivity (Wildman–Crippen MR) is 145 cm³/mol. The van der Waals surface area contributed by atoms with E-state index in [-0.39, 0.29) is 17.2 Å². The van der Waals surface area contributed by atoms with Gasteiger partial charge in [0.1, 0.15) is 11.3 Å². The number of carbonyl (C=O) groups excluding carboxylic acids is 1. The molecule has 0 saturated carbocycles. The minimum Gasteiger partial charge on any atom is -0.454 e.